The summed E-state index contributed by atoms with van der Waals surface area (Å²) in [7, 11) is 0. The van der Waals surface area contributed by atoms with Gasteiger partial charge >= 0.3 is 0 Å². The molecule has 0 unspecified atom stereocenters. The van der Waals surface area contributed by atoms with E-state index in [1.807, 2.05) is 10.5 Å². The van der Waals surface area contributed by atoms with Crippen molar-refractivity contribution in [3.8, 4) is 0 Å². The maximum Gasteiger partial charge on any atom is 0.237 e. The van der Waals surface area contributed by atoms with Crippen LogP contribution in [0, 0.1) is 10.8 Å². The highest BCUT2D eigenvalue weighted by Gasteiger charge is 2.39. The lowest BCUT2D eigenvalue weighted by atomic mass is 9.75. The number of aromatic nitrogens is 4. The summed E-state index contributed by atoms with van der Waals surface area (Å²) in [5.41, 5.74) is 3.93. The molecule has 0 aliphatic heterocycles. The predicted molar refractivity (Wildman–Crippen MR) is 96.8 cm³/mol. The van der Waals surface area contributed by atoms with E-state index in [9.17, 15) is 9.59 Å². The van der Waals surface area contributed by atoms with Crippen molar-refractivity contribution in [1.82, 2.24) is 19.0 Å². The van der Waals surface area contributed by atoms with Crippen LogP contribution in [0.15, 0.2) is 12.4 Å². The number of ketones is 2. The minimum atomic E-state index is -0.106. The second kappa shape index (κ2) is 4.61. The van der Waals surface area contributed by atoms with Crippen molar-refractivity contribution in [3.63, 3.8) is 0 Å². The third-order valence-electron chi connectivity index (χ3n) is 5.78. The molecule has 3 aromatic heterocycles. The number of rotatable bonds is 0. The summed E-state index contributed by atoms with van der Waals surface area (Å²) >= 11 is 0. The molecule has 134 valence electrons. The van der Waals surface area contributed by atoms with Crippen molar-refractivity contribution in [3.05, 3.63) is 34.9 Å². The number of carbonyl (C=O) groups is 2. The number of carbonyl (C=O) groups excluding carboxylic acids is 2. The molecule has 0 N–H and O–H groups in total. The first-order valence-corrected chi connectivity index (χ1v) is 9.12. The Balaban J connectivity index is 1.94. The third-order valence-corrected chi connectivity index (χ3v) is 5.78. The molecule has 0 saturated heterocycles. The summed E-state index contributed by atoms with van der Waals surface area (Å²) in [5.74, 6) is 0.964. The van der Waals surface area contributed by atoms with Crippen LogP contribution in [0.3, 0.4) is 0 Å². The number of fused-ring (bicyclic) bond motifs is 8. The summed E-state index contributed by atoms with van der Waals surface area (Å²) in [6.45, 7) is 8.44. The zero-order chi connectivity index (χ0) is 18.4. The Hall–Kier alpha value is -2.50. The largest absolute Gasteiger partial charge is 0.294 e. The zero-order valence-corrected chi connectivity index (χ0v) is 15.6. The smallest absolute Gasteiger partial charge is 0.237 e. The maximum absolute atomic E-state index is 13.0. The Bertz CT molecular complexity index is 1130. The van der Waals surface area contributed by atoms with E-state index in [2.05, 4.69) is 37.8 Å². The Morgan fingerprint density at radius 2 is 1.58 bits per heavy atom. The quantitative estimate of drug-likeness (QED) is 0.624. The highest BCUT2D eigenvalue weighted by atomic mass is 16.1. The van der Waals surface area contributed by atoms with Gasteiger partial charge in [-0.2, -0.15) is 10.1 Å². The Morgan fingerprint density at radius 3 is 2.31 bits per heavy atom. The van der Waals surface area contributed by atoms with E-state index < -0.39 is 0 Å². The summed E-state index contributed by atoms with van der Waals surface area (Å²) in [6.07, 6.45) is 4.11. The highest BCUT2D eigenvalue weighted by Crippen LogP contribution is 2.41. The van der Waals surface area contributed by atoms with E-state index in [0.717, 1.165) is 35.3 Å². The van der Waals surface area contributed by atoms with Gasteiger partial charge in [0.25, 0.3) is 0 Å². The predicted octanol–water partition coefficient (Wildman–Crippen LogP) is 3.29. The van der Waals surface area contributed by atoms with Crippen molar-refractivity contribution in [2.75, 3.05) is 0 Å². The first kappa shape index (κ1) is 15.7. The Morgan fingerprint density at radius 1 is 0.923 bits per heavy atom. The highest BCUT2D eigenvalue weighted by molar-refractivity contribution is 6.08. The first-order valence-electron chi connectivity index (χ1n) is 9.12. The van der Waals surface area contributed by atoms with Crippen molar-refractivity contribution < 1.29 is 9.59 Å². The molecule has 0 bridgehead atoms. The number of hydrogen-bond donors (Lipinski definition) is 0. The van der Waals surface area contributed by atoms with Gasteiger partial charge in [0, 0.05) is 24.1 Å². The van der Waals surface area contributed by atoms with Crippen LogP contribution in [-0.4, -0.2) is 30.6 Å². The van der Waals surface area contributed by atoms with Gasteiger partial charge in [0.05, 0.1) is 16.8 Å². The minimum absolute atomic E-state index is 0.0999. The number of Topliss-reactive ketones (excluding diaryl/α,β-unsaturated/α-hetero) is 2. The van der Waals surface area contributed by atoms with Gasteiger partial charge in [-0.3, -0.25) is 14.0 Å². The van der Waals surface area contributed by atoms with Crippen LogP contribution in [0.2, 0.25) is 0 Å². The molecule has 3 heterocycles. The van der Waals surface area contributed by atoms with Gasteiger partial charge in [-0.05, 0) is 29.7 Å². The summed E-state index contributed by atoms with van der Waals surface area (Å²) in [5, 5.41) is 4.41. The number of nitrogens with zero attached hydrogens (tertiary/aromatic N) is 4. The van der Waals surface area contributed by atoms with Crippen LogP contribution in [-0.2, 0) is 12.8 Å². The van der Waals surface area contributed by atoms with Gasteiger partial charge in [-0.25, -0.2) is 4.52 Å². The fraction of sp³-hybridized carbons (Fsp3) is 0.500. The number of hydrogen-bond acceptors (Lipinski definition) is 4. The lowest BCUT2D eigenvalue weighted by Gasteiger charge is -2.31. The fourth-order valence-electron chi connectivity index (χ4n) is 4.76. The van der Waals surface area contributed by atoms with Crippen molar-refractivity contribution in [1.29, 1.82) is 0 Å². The van der Waals surface area contributed by atoms with Crippen LogP contribution in [0.25, 0.3) is 11.3 Å². The second-order valence-electron chi connectivity index (χ2n) is 9.40. The van der Waals surface area contributed by atoms with Crippen molar-refractivity contribution in [2.45, 2.75) is 53.4 Å². The standard InChI is InChI=1S/C20H22N4O2/c1-19(2)6-13-11(15(25)8-19)5-12-17-14(7-20(3,4)9-16(17)26)24-18(23(12)13)21-10-22-24/h5,10H,6-9H2,1-4H3. The molecule has 0 aromatic carbocycles. The lowest BCUT2D eigenvalue weighted by molar-refractivity contribution is 0.0902. The lowest BCUT2D eigenvalue weighted by Crippen LogP contribution is -2.30. The van der Waals surface area contributed by atoms with E-state index in [1.54, 1.807) is 4.52 Å². The summed E-state index contributed by atoms with van der Waals surface area (Å²) < 4.78 is 3.80. The molecule has 0 saturated carbocycles. The SMILES string of the molecule is CC1(C)CC(=O)c2c(n3ncnc3n3c4c(cc23)C(=O)CC(C)(C)C4)C1. The van der Waals surface area contributed by atoms with Gasteiger partial charge in [0.1, 0.15) is 6.33 Å². The molecule has 0 radical (unpaired) electrons. The Kier molecular flexibility index (Phi) is 2.79. The molecule has 26 heavy (non-hydrogen) atoms. The van der Waals surface area contributed by atoms with Gasteiger partial charge < -0.3 is 0 Å². The van der Waals surface area contributed by atoms with Crippen LogP contribution in [0.4, 0.5) is 0 Å². The molecule has 3 aromatic rings. The van der Waals surface area contributed by atoms with E-state index in [1.165, 1.54) is 6.33 Å². The minimum Gasteiger partial charge on any atom is -0.294 e. The molecule has 0 atom stereocenters. The van der Waals surface area contributed by atoms with Gasteiger partial charge in [0.2, 0.25) is 5.78 Å². The fourth-order valence-corrected chi connectivity index (χ4v) is 4.76. The first-order chi connectivity index (χ1) is 12.2. The van der Waals surface area contributed by atoms with Crippen molar-refractivity contribution in [2.24, 2.45) is 10.8 Å². The van der Waals surface area contributed by atoms with Crippen LogP contribution in [0.1, 0.15) is 72.6 Å². The molecule has 0 amide bonds. The van der Waals surface area contributed by atoms with E-state index in [-0.39, 0.29) is 22.4 Å². The van der Waals surface area contributed by atoms with Gasteiger partial charge in [-0.15, -0.1) is 0 Å². The van der Waals surface area contributed by atoms with Crippen LogP contribution < -0.4 is 0 Å². The van der Waals surface area contributed by atoms with Crippen LogP contribution >= 0.6 is 0 Å². The van der Waals surface area contributed by atoms with E-state index in [0.29, 0.717) is 24.2 Å². The topological polar surface area (TPSA) is 68.7 Å². The molecule has 0 fully saturated rings. The molecule has 2 aliphatic rings. The van der Waals surface area contributed by atoms with Crippen molar-refractivity contribution >= 4 is 22.9 Å². The molecular weight excluding hydrogens is 328 g/mol. The monoisotopic (exact) mass is 350 g/mol. The molecule has 6 nitrogen and oxygen atoms in total. The molecule has 0 spiro atoms. The maximum atomic E-state index is 13.0. The summed E-state index contributed by atoms with van der Waals surface area (Å²) in [4.78, 5) is 30.3. The van der Waals surface area contributed by atoms with E-state index in [4.69, 9.17) is 0 Å². The van der Waals surface area contributed by atoms with E-state index >= 15 is 0 Å². The molecule has 5 rings (SSSR count). The second-order valence-corrected chi connectivity index (χ2v) is 9.40. The zero-order valence-electron chi connectivity index (χ0n) is 15.6. The van der Waals surface area contributed by atoms with Gasteiger partial charge in [0.15, 0.2) is 11.6 Å². The third kappa shape index (κ3) is 1.98. The van der Waals surface area contributed by atoms with Gasteiger partial charge in [-0.1, -0.05) is 27.7 Å². The average Bonchev–Trinajstić information content (AvgIpc) is 3.08. The Labute approximate surface area is 151 Å². The van der Waals surface area contributed by atoms with Crippen LogP contribution in [0.5, 0.6) is 0 Å². The summed E-state index contributed by atoms with van der Waals surface area (Å²) in [6, 6.07) is 1.91. The normalized spacial score (nSPS) is 21.2. The molecule has 2 aliphatic carbocycles. The molecular formula is C20H22N4O2. The molecule has 6 heteroatoms. The average molecular weight is 350 g/mol.